The Morgan fingerprint density at radius 1 is 1.22 bits per heavy atom. The van der Waals surface area contributed by atoms with Crippen LogP contribution in [0, 0.1) is 11.8 Å². The lowest BCUT2D eigenvalue weighted by Gasteiger charge is -2.45. The topological polar surface area (TPSA) is 29.5 Å². The molecule has 1 saturated carbocycles. The Morgan fingerprint density at radius 3 is 2.57 bits per heavy atom. The molecule has 126 valence electrons. The Bertz CT molecular complexity index is 582. The summed E-state index contributed by atoms with van der Waals surface area (Å²) in [7, 11) is 1.52. The van der Waals surface area contributed by atoms with Gasteiger partial charge in [0, 0.05) is 18.2 Å². The molecule has 1 amide bonds. The number of hydrogen-bond donors (Lipinski definition) is 0. The fraction of sp³-hybridized carbons (Fsp3) is 0.611. The smallest absolute Gasteiger partial charge is 0.254 e. The van der Waals surface area contributed by atoms with Crippen LogP contribution in [0.5, 0.6) is 5.75 Å². The zero-order valence-corrected chi connectivity index (χ0v) is 15.2. The van der Waals surface area contributed by atoms with Crippen LogP contribution in [0.1, 0.15) is 49.4 Å². The van der Waals surface area contributed by atoms with E-state index in [0.29, 0.717) is 33.3 Å². The number of amides is 1. The summed E-state index contributed by atoms with van der Waals surface area (Å²) in [5, 5.41) is 0.767. The first-order valence-electron chi connectivity index (χ1n) is 8.35. The minimum absolute atomic E-state index is 0.0423. The average Bonchev–Trinajstić information content (AvgIpc) is 2.53. The molecular weight excluding hydrogens is 333 g/mol. The van der Waals surface area contributed by atoms with Crippen molar-refractivity contribution in [2.45, 2.75) is 45.1 Å². The SMILES string of the molecule is COc1c(Cl)cc(C(=O)N2CCC[C@@H]3C[C@H](C)CC[C@H]32)cc1Cl. The van der Waals surface area contributed by atoms with Gasteiger partial charge in [0.05, 0.1) is 17.2 Å². The van der Waals surface area contributed by atoms with Gasteiger partial charge in [-0.3, -0.25) is 4.79 Å². The fourth-order valence-corrected chi connectivity index (χ4v) is 4.83. The van der Waals surface area contributed by atoms with Crippen LogP contribution in [-0.4, -0.2) is 30.5 Å². The van der Waals surface area contributed by atoms with E-state index < -0.39 is 0 Å². The highest BCUT2D eigenvalue weighted by Crippen LogP contribution is 2.39. The first kappa shape index (κ1) is 16.9. The number of piperidine rings is 1. The van der Waals surface area contributed by atoms with E-state index in [0.717, 1.165) is 25.3 Å². The number of methoxy groups -OCH3 is 1. The monoisotopic (exact) mass is 355 g/mol. The summed E-state index contributed by atoms with van der Waals surface area (Å²) in [4.78, 5) is 15.1. The van der Waals surface area contributed by atoms with Crippen LogP contribution in [0.25, 0.3) is 0 Å². The third-order valence-electron chi connectivity index (χ3n) is 5.29. The van der Waals surface area contributed by atoms with E-state index in [-0.39, 0.29) is 5.91 Å². The van der Waals surface area contributed by atoms with Crippen molar-refractivity contribution in [2.24, 2.45) is 11.8 Å². The molecule has 1 aliphatic heterocycles. The summed E-state index contributed by atoms with van der Waals surface area (Å²) in [6.45, 7) is 3.15. The van der Waals surface area contributed by atoms with Gasteiger partial charge >= 0.3 is 0 Å². The number of likely N-dealkylation sites (tertiary alicyclic amines) is 1. The van der Waals surface area contributed by atoms with Crippen molar-refractivity contribution >= 4 is 29.1 Å². The van der Waals surface area contributed by atoms with E-state index in [1.54, 1.807) is 12.1 Å². The van der Waals surface area contributed by atoms with E-state index in [4.69, 9.17) is 27.9 Å². The number of ether oxygens (including phenoxy) is 1. The molecule has 5 heteroatoms. The zero-order chi connectivity index (χ0) is 16.6. The van der Waals surface area contributed by atoms with Crippen LogP contribution < -0.4 is 4.74 Å². The molecule has 0 aromatic heterocycles. The van der Waals surface area contributed by atoms with Gasteiger partial charge in [0.15, 0.2) is 5.75 Å². The predicted octanol–water partition coefficient (Wildman–Crippen LogP) is 5.04. The first-order chi connectivity index (χ1) is 11.0. The number of rotatable bonds is 2. The molecule has 3 nitrogen and oxygen atoms in total. The maximum Gasteiger partial charge on any atom is 0.254 e. The molecule has 0 bridgehead atoms. The predicted molar refractivity (Wildman–Crippen MR) is 93.6 cm³/mol. The molecule has 3 atom stereocenters. The highest BCUT2D eigenvalue weighted by molar-refractivity contribution is 6.37. The summed E-state index contributed by atoms with van der Waals surface area (Å²) < 4.78 is 5.16. The lowest BCUT2D eigenvalue weighted by Crippen LogP contribution is -2.50. The van der Waals surface area contributed by atoms with Crippen LogP contribution in [0.15, 0.2) is 12.1 Å². The minimum atomic E-state index is 0.0423. The van der Waals surface area contributed by atoms with Gasteiger partial charge in [-0.25, -0.2) is 0 Å². The molecule has 0 N–H and O–H groups in total. The Morgan fingerprint density at radius 2 is 1.91 bits per heavy atom. The highest BCUT2D eigenvalue weighted by Gasteiger charge is 2.38. The fourth-order valence-electron chi connectivity index (χ4n) is 4.19. The van der Waals surface area contributed by atoms with E-state index in [2.05, 4.69) is 11.8 Å². The third-order valence-corrected chi connectivity index (χ3v) is 5.85. The van der Waals surface area contributed by atoms with Crippen molar-refractivity contribution in [2.75, 3.05) is 13.7 Å². The largest absolute Gasteiger partial charge is 0.494 e. The number of halogens is 2. The van der Waals surface area contributed by atoms with Crippen molar-refractivity contribution in [3.05, 3.63) is 27.7 Å². The number of nitrogens with zero attached hydrogens (tertiary/aromatic N) is 1. The summed E-state index contributed by atoms with van der Waals surface area (Å²) in [5.41, 5.74) is 0.556. The van der Waals surface area contributed by atoms with E-state index in [1.165, 1.54) is 26.4 Å². The zero-order valence-electron chi connectivity index (χ0n) is 13.6. The Kier molecular flexibility index (Phi) is 5.07. The number of carbonyl (C=O) groups is 1. The molecule has 2 fully saturated rings. The van der Waals surface area contributed by atoms with Crippen molar-refractivity contribution in [3.8, 4) is 5.75 Å². The highest BCUT2D eigenvalue weighted by atomic mass is 35.5. The van der Waals surface area contributed by atoms with Gasteiger partial charge < -0.3 is 9.64 Å². The maximum atomic E-state index is 13.0. The van der Waals surface area contributed by atoms with E-state index in [9.17, 15) is 4.79 Å². The maximum absolute atomic E-state index is 13.0. The summed E-state index contributed by atoms with van der Waals surface area (Å²) in [6.07, 6.45) is 5.86. The van der Waals surface area contributed by atoms with Crippen LogP contribution in [0.2, 0.25) is 10.0 Å². The Labute approximate surface area is 147 Å². The number of hydrogen-bond acceptors (Lipinski definition) is 2. The quantitative estimate of drug-likeness (QED) is 0.743. The normalized spacial score (nSPS) is 27.5. The molecule has 0 spiro atoms. The Hall–Kier alpha value is -0.930. The van der Waals surface area contributed by atoms with Crippen LogP contribution in [0.4, 0.5) is 0 Å². The van der Waals surface area contributed by atoms with Gasteiger partial charge in [-0.1, -0.05) is 30.1 Å². The van der Waals surface area contributed by atoms with E-state index in [1.807, 2.05) is 0 Å². The first-order valence-corrected chi connectivity index (χ1v) is 9.11. The molecule has 1 aromatic carbocycles. The molecule has 23 heavy (non-hydrogen) atoms. The lowest BCUT2D eigenvalue weighted by molar-refractivity contribution is 0.0322. The summed E-state index contributed by atoms with van der Waals surface area (Å²) in [5.74, 6) is 1.88. The molecule has 1 aliphatic carbocycles. The van der Waals surface area contributed by atoms with E-state index >= 15 is 0 Å². The minimum Gasteiger partial charge on any atom is -0.494 e. The molecule has 0 unspecified atom stereocenters. The van der Waals surface area contributed by atoms with Gasteiger partial charge in [0.25, 0.3) is 5.91 Å². The Balaban J connectivity index is 1.85. The van der Waals surface area contributed by atoms with Gasteiger partial charge in [0.2, 0.25) is 0 Å². The van der Waals surface area contributed by atoms with Gasteiger partial charge in [0.1, 0.15) is 0 Å². The van der Waals surface area contributed by atoms with Crippen molar-refractivity contribution < 1.29 is 9.53 Å². The molecule has 2 aliphatic rings. The molecule has 1 heterocycles. The van der Waals surface area contributed by atoms with Crippen molar-refractivity contribution in [1.29, 1.82) is 0 Å². The second kappa shape index (κ2) is 6.90. The standard InChI is InChI=1S/C18H23Cl2NO2/c1-11-5-6-16-12(8-11)4-3-7-21(16)18(22)13-9-14(19)17(23-2)15(20)10-13/h9-12,16H,3-8H2,1-2H3/t11-,12-,16-/m1/s1. The second-order valence-corrected chi connectivity index (χ2v) is 7.67. The molecule has 0 radical (unpaired) electrons. The third kappa shape index (κ3) is 3.32. The van der Waals surface area contributed by atoms with Crippen LogP contribution >= 0.6 is 23.2 Å². The number of benzene rings is 1. The second-order valence-electron chi connectivity index (χ2n) is 6.86. The van der Waals surface area contributed by atoms with Gasteiger partial charge in [-0.15, -0.1) is 0 Å². The molecule has 1 aromatic rings. The van der Waals surface area contributed by atoms with Crippen LogP contribution in [-0.2, 0) is 0 Å². The number of fused-ring (bicyclic) bond motifs is 1. The number of carbonyl (C=O) groups excluding carboxylic acids is 1. The lowest BCUT2D eigenvalue weighted by atomic mass is 9.74. The van der Waals surface area contributed by atoms with Gasteiger partial charge in [-0.2, -0.15) is 0 Å². The van der Waals surface area contributed by atoms with Crippen molar-refractivity contribution in [3.63, 3.8) is 0 Å². The summed E-state index contributed by atoms with van der Waals surface area (Å²) >= 11 is 12.4. The van der Waals surface area contributed by atoms with Crippen molar-refractivity contribution in [1.82, 2.24) is 4.90 Å². The summed E-state index contributed by atoms with van der Waals surface area (Å²) in [6, 6.07) is 3.71. The molecular formula is C18H23Cl2NO2. The van der Waals surface area contributed by atoms with Gasteiger partial charge in [-0.05, 0) is 56.1 Å². The molecule has 3 rings (SSSR count). The average molecular weight is 356 g/mol. The molecule has 1 saturated heterocycles. The van der Waals surface area contributed by atoms with Crippen LogP contribution in [0.3, 0.4) is 0 Å².